The SMILES string of the molecule is CCCNCc1ccc(Sc2ccccc2)cc1Cl. The maximum absolute atomic E-state index is 6.32. The zero-order chi connectivity index (χ0) is 13.5. The molecule has 0 heterocycles. The molecule has 1 nitrogen and oxygen atoms in total. The van der Waals surface area contributed by atoms with E-state index in [0.29, 0.717) is 0 Å². The van der Waals surface area contributed by atoms with Gasteiger partial charge in [-0.25, -0.2) is 0 Å². The van der Waals surface area contributed by atoms with Crippen LogP contribution in [0.4, 0.5) is 0 Å². The van der Waals surface area contributed by atoms with Crippen molar-refractivity contribution in [2.45, 2.75) is 29.7 Å². The van der Waals surface area contributed by atoms with E-state index >= 15 is 0 Å². The maximum atomic E-state index is 6.32. The van der Waals surface area contributed by atoms with Crippen molar-refractivity contribution in [2.24, 2.45) is 0 Å². The molecule has 0 aliphatic rings. The van der Waals surface area contributed by atoms with E-state index in [-0.39, 0.29) is 0 Å². The lowest BCUT2D eigenvalue weighted by atomic mass is 10.2. The largest absolute Gasteiger partial charge is 0.313 e. The van der Waals surface area contributed by atoms with E-state index < -0.39 is 0 Å². The third-order valence-electron chi connectivity index (χ3n) is 2.75. The molecule has 0 saturated heterocycles. The normalized spacial score (nSPS) is 10.6. The van der Waals surface area contributed by atoms with Gasteiger partial charge >= 0.3 is 0 Å². The third kappa shape index (κ3) is 4.57. The Morgan fingerprint density at radius 2 is 1.84 bits per heavy atom. The van der Waals surface area contributed by atoms with E-state index in [4.69, 9.17) is 11.6 Å². The molecule has 3 heteroatoms. The summed E-state index contributed by atoms with van der Waals surface area (Å²) in [5.74, 6) is 0. The molecule has 0 unspecified atom stereocenters. The minimum absolute atomic E-state index is 0.836. The Morgan fingerprint density at radius 3 is 2.53 bits per heavy atom. The van der Waals surface area contributed by atoms with Crippen molar-refractivity contribution >= 4 is 23.4 Å². The first-order valence-electron chi connectivity index (χ1n) is 6.51. The Morgan fingerprint density at radius 1 is 1.05 bits per heavy atom. The van der Waals surface area contributed by atoms with Crippen LogP contribution in [-0.2, 0) is 6.54 Å². The Kier molecular flexibility index (Phi) is 5.77. The molecule has 0 spiro atoms. The topological polar surface area (TPSA) is 12.0 Å². The van der Waals surface area contributed by atoms with E-state index in [1.165, 1.54) is 9.79 Å². The highest BCUT2D eigenvalue weighted by Gasteiger charge is 2.03. The van der Waals surface area contributed by atoms with Gasteiger partial charge in [0.2, 0.25) is 0 Å². The number of hydrogen-bond acceptors (Lipinski definition) is 2. The van der Waals surface area contributed by atoms with Crippen LogP contribution in [0.3, 0.4) is 0 Å². The number of benzene rings is 2. The fraction of sp³-hybridized carbons (Fsp3) is 0.250. The molecule has 0 aliphatic heterocycles. The summed E-state index contributed by atoms with van der Waals surface area (Å²) in [4.78, 5) is 2.41. The smallest absolute Gasteiger partial charge is 0.0462 e. The fourth-order valence-electron chi connectivity index (χ4n) is 1.76. The molecule has 2 aromatic rings. The second-order valence-electron chi connectivity index (χ2n) is 4.35. The summed E-state index contributed by atoms with van der Waals surface area (Å²) < 4.78 is 0. The molecule has 0 bridgehead atoms. The average Bonchev–Trinajstić information content (AvgIpc) is 2.43. The molecule has 0 saturated carbocycles. The second-order valence-corrected chi connectivity index (χ2v) is 5.90. The lowest BCUT2D eigenvalue weighted by molar-refractivity contribution is 0.675. The Balaban J connectivity index is 2.02. The zero-order valence-electron chi connectivity index (χ0n) is 11.0. The van der Waals surface area contributed by atoms with E-state index in [1.54, 1.807) is 11.8 Å². The molecule has 2 rings (SSSR count). The minimum atomic E-state index is 0.836. The zero-order valence-corrected chi connectivity index (χ0v) is 12.6. The van der Waals surface area contributed by atoms with Crippen molar-refractivity contribution in [1.29, 1.82) is 0 Å². The molecule has 100 valence electrons. The molecule has 0 atom stereocenters. The average molecular weight is 292 g/mol. The van der Waals surface area contributed by atoms with Gasteiger partial charge in [-0.05, 0) is 42.8 Å². The van der Waals surface area contributed by atoms with Gasteiger partial charge in [0.15, 0.2) is 0 Å². The highest BCUT2D eigenvalue weighted by molar-refractivity contribution is 7.99. The summed E-state index contributed by atoms with van der Waals surface area (Å²) in [6, 6.07) is 16.6. The third-order valence-corrected chi connectivity index (χ3v) is 4.10. The van der Waals surface area contributed by atoms with Gasteiger partial charge in [-0.1, -0.05) is 54.6 Å². The first-order valence-corrected chi connectivity index (χ1v) is 7.71. The van der Waals surface area contributed by atoms with Crippen LogP contribution in [0.5, 0.6) is 0 Å². The first kappa shape index (κ1) is 14.4. The highest BCUT2D eigenvalue weighted by atomic mass is 35.5. The quantitative estimate of drug-likeness (QED) is 0.753. The van der Waals surface area contributed by atoms with E-state index in [1.807, 2.05) is 24.3 Å². The molecule has 1 N–H and O–H groups in total. The lowest BCUT2D eigenvalue weighted by Crippen LogP contribution is -2.13. The monoisotopic (exact) mass is 291 g/mol. The van der Waals surface area contributed by atoms with Gasteiger partial charge in [0, 0.05) is 21.4 Å². The Hall–Kier alpha value is -0.960. The summed E-state index contributed by atoms with van der Waals surface area (Å²) in [7, 11) is 0. The number of hydrogen-bond donors (Lipinski definition) is 1. The molecule has 0 aromatic heterocycles. The van der Waals surface area contributed by atoms with Crippen LogP contribution in [0.2, 0.25) is 5.02 Å². The molecule has 19 heavy (non-hydrogen) atoms. The van der Waals surface area contributed by atoms with Crippen molar-refractivity contribution in [3.8, 4) is 0 Å². The number of halogens is 1. The fourth-order valence-corrected chi connectivity index (χ4v) is 2.95. The Labute approximate surface area is 124 Å². The summed E-state index contributed by atoms with van der Waals surface area (Å²) in [6.45, 7) is 4.02. The van der Waals surface area contributed by atoms with Crippen LogP contribution in [0.1, 0.15) is 18.9 Å². The van der Waals surface area contributed by atoms with Gasteiger partial charge in [0.25, 0.3) is 0 Å². The predicted molar refractivity (Wildman–Crippen MR) is 84.0 cm³/mol. The number of nitrogens with one attached hydrogen (secondary N) is 1. The number of rotatable bonds is 6. The van der Waals surface area contributed by atoms with Crippen molar-refractivity contribution in [2.75, 3.05) is 6.54 Å². The van der Waals surface area contributed by atoms with Gasteiger partial charge in [-0.3, -0.25) is 0 Å². The Bertz CT molecular complexity index is 513. The van der Waals surface area contributed by atoms with Crippen molar-refractivity contribution < 1.29 is 0 Å². The standard InChI is InChI=1S/C16H18ClNS/c1-2-10-18-12-13-8-9-15(11-16(13)17)19-14-6-4-3-5-7-14/h3-9,11,18H,2,10,12H2,1H3. The van der Waals surface area contributed by atoms with Crippen molar-refractivity contribution in [3.63, 3.8) is 0 Å². The molecule has 0 fully saturated rings. The molecular weight excluding hydrogens is 274 g/mol. The van der Waals surface area contributed by atoms with Crippen molar-refractivity contribution in [3.05, 3.63) is 59.1 Å². The summed E-state index contributed by atoms with van der Waals surface area (Å²) in [5, 5.41) is 4.21. The minimum Gasteiger partial charge on any atom is -0.313 e. The van der Waals surface area contributed by atoms with Gasteiger partial charge < -0.3 is 5.32 Å². The summed E-state index contributed by atoms with van der Waals surface area (Å²) in [6.07, 6.45) is 1.14. The second kappa shape index (κ2) is 7.59. The van der Waals surface area contributed by atoms with Gasteiger partial charge in [0.1, 0.15) is 0 Å². The molecule has 0 amide bonds. The van der Waals surface area contributed by atoms with Gasteiger partial charge in [0.05, 0.1) is 0 Å². The molecule has 2 aromatic carbocycles. The van der Waals surface area contributed by atoms with Crippen LogP contribution in [0, 0.1) is 0 Å². The first-order chi connectivity index (χ1) is 9.29. The highest BCUT2D eigenvalue weighted by Crippen LogP contribution is 2.30. The van der Waals surface area contributed by atoms with E-state index in [2.05, 4.69) is 36.5 Å². The maximum Gasteiger partial charge on any atom is 0.0462 e. The molecule has 0 aliphatic carbocycles. The predicted octanol–water partition coefficient (Wildman–Crippen LogP) is 4.99. The van der Waals surface area contributed by atoms with Gasteiger partial charge in [-0.2, -0.15) is 0 Å². The van der Waals surface area contributed by atoms with Crippen LogP contribution in [0.25, 0.3) is 0 Å². The molecule has 0 radical (unpaired) electrons. The van der Waals surface area contributed by atoms with Crippen LogP contribution in [-0.4, -0.2) is 6.54 Å². The summed E-state index contributed by atoms with van der Waals surface area (Å²) in [5.41, 5.74) is 1.16. The lowest BCUT2D eigenvalue weighted by Gasteiger charge is -2.08. The summed E-state index contributed by atoms with van der Waals surface area (Å²) >= 11 is 8.06. The molecular formula is C16H18ClNS. The van der Waals surface area contributed by atoms with Crippen LogP contribution >= 0.6 is 23.4 Å². The van der Waals surface area contributed by atoms with E-state index in [9.17, 15) is 0 Å². The van der Waals surface area contributed by atoms with Crippen LogP contribution < -0.4 is 5.32 Å². The van der Waals surface area contributed by atoms with E-state index in [0.717, 1.165) is 30.1 Å². The van der Waals surface area contributed by atoms with Crippen LogP contribution in [0.15, 0.2) is 58.3 Å². The van der Waals surface area contributed by atoms with Gasteiger partial charge in [-0.15, -0.1) is 0 Å². The van der Waals surface area contributed by atoms with Crippen molar-refractivity contribution in [1.82, 2.24) is 5.32 Å².